The van der Waals surface area contributed by atoms with Gasteiger partial charge in [-0.1, -0.05) is 12.1 Å². The predicted octanol–water partition coefficient (Wildman–Crippen LogP) is 1.92. The fourth-order valence-corrected chi connectivity index (χ4v) is 4.79. The number of nitrogens with two attached hydrogens (primary N) is 1. The number of rotatable bonds is 5. The number of nitrogens with zero attached hydrogens (tertiary/aromatic N) is 2. The van der Waals surface area contributed by atoms with Crippen molar-refractivity contribution < 1.29 is 18.0 Å². The number of aromatic nitrogens is 1. The lowest BCUT2D eigenvalue weighted by molar-refractivity contribution is -0.126. The van der Waals surface area contributed by atoms with E-state index in [0.29, 0.717) is 6.54 Å². The molecule has 1 atom stereocenters. The maximum absolute atomic E-state index is 12.6. The average molecular weight is 445 g/mol. The Morgan fingerprint density at radius 2 is 2.00 bits per heavy atom. The zero-order chi connectivity index (χ0) is 21.5. The van der Waals surface area contributed by atoms with Crippen LogP contribution in [0.15, 0.2) is 47.4 Å². The summed E-state index contributed by atoms with van der Waals surface area (Å²) in [4.78, 5) is 31.2. The molecule has 1 fully saturated rings. The number of hydrogen-bond donors (Lipinski definition) is 2. The van der Waals surface area contributed by atoms with Crippen LogP contribution in [0.25, 0.3) is 10.2 Å². The Hall–Kier alpha value is -2.82. The number of thiazole rings is 1. The molecule has 3 aromatic rings. The molecular weight excluding hydrogens is 424 g/mol. The first-order valence-corrected chi connectivity index (χ1v) is 11.6. The molecule has 0 radical (unpaired) electrons. The maximum atomic E-state index is 12.6. The van der Waals surface area contributed by atoms with Gasteiger partial charge in [-0.25, -0.2) is 18.5 Å². The standard InChI is InChI=1S/C20H20N4O4S2/c1-12-23-17-9-15(4-7-18(17)29-12)24-11-14(8-19(24)25)20(26)22-10-13-2-5-16(6-3-13)30(21,27)28/h2-7,9,14H,8,10-11H2,1H3,(H,22,26)(H2,21,27,28). The second kappa shape index (κ2) is 7.78. The van der Waals surface area contributed by atoms with Gasteiger partial charge < -0.3 is 10.2 Å². The molecule has 4 rings (SSSR count). The largest absolute Gasteiger partial charge is 0.352 e. The highest BCUT2D eigenvalue weighted by Gasteiger charge is 2.35. The molecule has 1 aliphatic heterocycles. The summed E-state index contributed by atoms with van der Waals surface area (Å²) in [6.07, 6.45) is 0.143. The smallest absolute Gasteiger partial charge is 0.238 e. The van der Waals surface area contributed by atoms with Crippen LogP contribution < -0.4 is 15.4 Å². The Morgan fingerprint density at radius 3 is 2.70 bits per heavy atom. The summed E-state index contributed by atoms with van der Waals surface area (Å²) in [6, 6.07) is 11.7. The summed E-state index contributed by atoms with van der Waals surface area (Å²) in [7, 11) is -3.75. The zero-order valence-electron chi connectivity index (χ0n) is 16.2. The molecule has 1 aliphatic rings. The van der Waals surface area contributed by atoms with Gasteiger partial charge in [0, 0.05) is 25.2 Å². The average Bonchev–Trinajstić information content (AvgIpc) is 3.26. The van der Waals surface area contributed by atoms with Gasteiger partial charge >= 0.3 is 0 Å². The van der Waals surface area contributed by atoms with Gasteiger partial charge in [0.2, 0.25) is 21.8 Å². The SMILES string of the molecule is Cc1nc2cc(N3CC(C(=O)NCc4ccc(S(N)(=O)=O)cc4)CC3=O)ccc2s1. The van der Waals surface area contributed by atoms with Crippen molar-refractivity contribution in [3.63, 3.8) is 0 Å². The molecule has 10 heteroatoms. The van der Waals surface area contributed by atoms with Crippen LogP contribution in [-0.4, -0.2) is 31.8 Å². The van der Waals surface area contributed by atoms with Gasteiger partial charge in [0.15, 0.2) is 0 Å². The van der Waals surface area contributed by atoms with E-state index in [-0.39, 0.29) is 29.7 Å². The van der Waals surface area contributed by atoms with Crippen molar-refractivity contribution in [3.8, 4) is 0 Å². The highest BCUT2D eigenvalue weighted by Crippen LogP contribution is 2.30. The van der Waals surface area contributed by atoms with E-state index in [4.69, 9.17) is 5.14 Å². The molecule has 1 saturated heterocycles. The molecule has 0 aliphatic carbocycles. The van der Waals surface area contributed by atoms with Crippen molar-refractivity contribution in [1.29, 1.82) is 0 Å². The first-order chi connectivity index (χ1) is 14.2. The van der Waals surface area contributed by atoms with E-state index in [2.05, 4.69) is 10.3 Å². The van der Waals surface area contributed by atoms with E-state index in [1.807, 2.05) is 25.1 Å². The summed E-state index contributed by atoms with van der Waals surface area (Å²) in [5.41, 5.74) is 2.33. The van der Waals surface area contributed by atoms with Crippen molar-refractivity contribution in [2.24, 2.45) is 11.1 Å². The number of sulfonamides is 1. The summed E-state index contributed by atoms with van der Waals surface area (Å²) >= 11 is 1.60. The second-order valence-electron chi connectivity index (χ2n) is 7.20. The fraction of sp³-hybridized carbons (Fsp3) is 0.250. The molecular formula is C20H20N4O4S2. The van der Waals surface area contributed by atoms with E-state index in [0.717, 1.165) is 26.5 Å². The number of aryl methyl sites for hydroxylation is 1. The molecule has 0 saturated carbocycles. The summed E-state index contributed by atoms with van der Waals surface area (Å²) in [6.45, 7) is 2.48. The molecule has 2 amide bonds. The molecule has 30 heavy (non-hydrogen) atoms. The molecule has 3 N–H and O–H groups in total. The number of fused-ring (bicyclic) bond motifs is 1. The molecule has 0 bridgehead atoms. The maximum Gasteiger partial charge on any atom is 0.238 e. The van der Waals surface area contributed by atoms with Crippen molar-refractivity contribution in [3.05, 3.63) is 53.0 Å². The number of nitrogens with one attached hydrogen (secondary N) is 1. The van der Waals surface area contributed by atoms with E-state index < -0.39 is 15.9 Å². The van der Waals surface area contributed by atoms with Crippen LogP contribution in [0.3, 0.4) is 0 Å². The monoisotopic (exact) mass is 444 g/mol. The lowest BCUT2D eigenvalue weighted by atomic mass is 10.1. The number of anilines is 1. The predicted molar refractivity (Wildman–Crippen MR) is 114 cm³/mol. The van der Waals surface area contributed by atoms with Gasteiger partial charge in [-0.2, -0.15) is 0 Å². The molecule has 1 aromatic heterocycles. The molecule has 2 heterocycles. The Bertz CT molecular complexity index is 1240. The summed E-state index contributed by atoms with van der Waals surface area (Å²) in [5.74, 6) is -0.764. The highest BCUT2D eigenvalue weighted by molar-refractivity contribution is 7.89. The highest BCUT2D eigenvalue weighted by atomic mass is 32.2. The molecule has 2 aromatic carbocycles. The molecule has 1 unspecified atom stereocenters. The lowest BCUT2D eigenvalue weighted by Gasteiger charge is -2.16. The van der Waals surface area contributed by atoms with Gasteiger partial charge in [-0.05, 0) is 42.8 Å². The van der Waals surface area contributed by atoms with E-state index in [1.54, 1.807) is 28.4 Å². The van der Waals surface area contributed by atoms with Crippen molar-refractivity contribution in [2.75, 3.05) is 11.4 Å². The number of hydrogen-bond acceptors (Lipinski definition) is 6. The third-order valence-corrected chi connectivity index (χ3v) is 6.89. The first kappa shape index (κ1) is 20.5. The topological polar surface area (TPSA) is 122 Å². The van der Waals surface area contributed by atoms with Crippen LogP contribution in [0.4, 0.5) is 5.69 Å². The van der Waals surface area contributed by atoms with Crippen LogP contribution in [0.1, 0.15) is 17.0 Å². The normalized spacial score (nSPS) is 16.9. The van der Waals surface area contributed by atoms with Crippen LogP contribution in [0.2, 0.25) is 0 Å². The number of carbonyl (C=O) groups is 2. The van der Waals surface area contributed by atoms with Crippen LogP contribution in [0.5, 0.6) is 0 Å². The molecule has 156 valence electrons. The van der Waals surface area contributed by atoms with Crippen molar-refractivity contribution in [1.82, 2.24) is 10.3 Å². The zero-order valence-corrected chi connectivity index (χ0v) is 17.8. The van der Waals surface area contributed by atoms with Gasteiger partial charge in [-0.15, -0.1) is 11.3 Å². The quantitative estimate of drug-likeness (QED) is 0.622. The Morgan fingerprint density at radius 1 is 1.27 bits per heavy atom. The minimum Gasteiger partial charge on any atom is -0.352 e. The van der Waals surface area contributed by atoms with E-state index in [9.17, 15) is 18.0 Å². The minimum absolute atomic E-state index is 0.0156. The van der Waals surface area contributed by atoms with Gasteiger partial charge in [0.05, 0.1) is 26.0 Å². The van der Waals surface area contributed by atoms with Crippen LogP contribution in [-0.2, 0) is 26.2 Å². The van der Waals surface area contributed by atoms with Gasteiger partial charge in [0.1, 0.15) is 0 Å². The summed E-state index contributed by atoms with van der Waals surface area (Å²) in [5, 5.41) is 8.86. The van der Waals surface area contributed by atoms with E-state index >= 15 is 0 Å². The van der Waals surface area contributed by atoms with Crippen molar-refractivity contribution in [2.45, 2.75) is 24.8 Å². The molecule has 8 nitrogen and oxygen atoms in total. The van der Waals surface area contributed by atoms with Crippen LogP contribution >= 0.6 is 11.3 Å². The number of primary sulfonamides is 1. The molecule has 0 spiro atoms. The Balaban J connectivity index is 1.40. The second-order valence-corrected chi connectivity index (χ2v) is 9.99. The van der Waals surface area contributed by atoms with Crippen LogP contribution in [0, 0.1) is 12.8 Å². The number of amides is 2. The first-order valence-electron chi connectivity index (χ1n) is 9.28. The third kappa shape index (κ3) is 4.20. The van der Waals surface area contributed by atoms with E-state index in [1.165, 1.54) is 12.1 Å². The fourth-order valence-electron chi connectivity index (χ4n) is 3.46. The minimum atomic E-state index is -3.75. The van der Waals surface area contributed by atoms with Gasteiger partial charge in [0.25, 0.3) is 0 Å². The third-order valence-electron chi connectivity index (χ3n) is 5.00. The van der Waals surface area contributed by atoms with Gasteiger partial charge in [-0.3, -0.25) is 9.59 Å². The Labute approximate surface area is 177 Å². The number of benzene rings is 2. The summed E-state index contributed by atoms with van der Waals surface area (Å²) < 4.78 is 23.7. The van der Waals surface area contributed by atoms with Crippen molar-refractivity contribution >= 4 is 49.1 Å². The number of carbonyl (C=O) groups excluding carboxylic acids is 2. The lowest BCUT2D eigenvalue weighted by Crippen LogP contribution is -2.32. The Kier molecular flexibility index (Phi) is 5.31.